The van der Waals surface area contributed by atoms with Gasteiger partial charge in [-0.25, -0.2) is 0 Å². The Morgan fingerprint density at radius 1 is 1.50 bits per heavy atom. The number of carboxylic acids is 1. The van der Waals surface area contributed by atoms with E-state index in [1.807, 2.05) is 13.8 Å². The van der Waals surface area contributed by atoms with Crippen LogP contribution in [-0.4, -0.2) is 34.5 Å². The lowest BCUT2D eigenvalue weighted by molar-refractivity contribution is -0.143. The number of carboxylic acid groups (broad SMARTS) is 1. The Hall–Kier alpha value is -0.710. The van der Waals surface area contributed by atoms with Crippen molar-refractivity contribution >= 4 is 23.6 Å². The molecule has 0 saturated carbocycles. The van der Waals surface area contributed by atoms with Gasteiger partial charge in [-0.3, -0.25) is 9.59 Å². The molecule has 1 rings (SSSR count). The summed E-state index contributed by atoms with van der Waals surface area (Å²) in [5.41, 5.74) is 0. The van der Waals surface area contributed by atoms with Gasteiger partial charge in [0.1, 0.15) is 0 Å². The van der Waals surface area contributed by atoms with Crippen molar-refractivity contribution in [3.63, 3.8) is 0 Å². The zero-order chi connectivity index (χ0) is 12.1. The number of rotatable bonds is 5. The highest BCUT2D eigenvalue weighted by molar-refractivity contribution is 8.00. The Morgan fingerprint density at radius 3 is 2.62 bits per heavy atom. The van der Waals surface area contributed by atoms with Gasteiger partial charge in [-0.2, -0.15) is 0 Å². The third-order valence-corrected chi connectivity index (χ3v) is 4.22. The third-order valence-electron chi connectivity index (χ3n) is 2.84. The molecule has 1 aliphatic heterocycles. The van der Waals surface area contributed by atoms with E-state index in [-0.39, 0.29) is 23.6 Å². The molecule has 1 aliphatic rings. The fourth-order valence-corrected chi connectivity index (χ4v) is 2.90. The molecule has 2 unspecified atom stereocenters. The molecular weight excluding hydrogens is 226 g/mol. The molecule has 0 aromatic rings. The van der Waals surface area contributed by atoms with Crippen LogP contribution in [0.2, 0.25) is 0 Å². The van der Waals surface area contributed by atoms with Crippen LogP contribution in [0.15, 0.2) is 0 Å². The summed E-state index contributed by atoms with van der Waals surface area (Å²) >= 11 is 1.66. The second-order valence-corrected chi connectivity index (χ2v) is 5.75. The van der Waals surface area contributed by atoms with Gasteiger partial charge in [-0.15, -0.1) is 11.8 Å². The lowest BCUT2D eigenvalue weighted by atomic mass is 9.96. The highest BCUT2D eigenvalue weighted by Crippen LogP contribution is 2.26. The van der Waals surface area contributed by atoms with Gasteiger partial charge in [0.2, 0.25) is 5.91 Å². The van der Waals surface area contributed by atoms with Crippen molar-refractivity contribution in [2.24, 2.45) is 11.8 Å². The van der Waals surface area contributed by atoms with E-state index in [9.17, 15) is 9.59 Å². The molecule has 1 saturated heterocycles. The first-order valence-corrected chi connectivity index (χ1v) is 6.69. The van der Waals surface area contributed by atoms with Gasteiger partial charge in [0.25, 0.3) is 0 Å². The Labute approximate surface area is 100 Å². The molecule has 0 aromatic carbocycles. The number of aliphatic carboxylic acids is 1. The largest absolute Gasteiger partial charge is 0.481 e. The monoisotopic (exact) mass is 245 g/mol. The van der Waals surface area contributed by atoms with Gasteiger partial charge in [-0.05, 0) is 24.5 Å². The second kappa shape index (κ2) is 6.13. The molecule has 5 heteroatoms. The molecule has 0 spiro atoms. The van der Waals surface area contributed by atoms with Crippen molar-refractivity contribution in [2.45, 2.75) is 31.9 Å². The van der Waals surface area contributed by atoms with Gasteiger partial charge >= 0.3 is 5.97 Å². The van der Waals surface area contributed by atoms with Crippen molar-refractivity contribution in [3.8, 4) is 0 Å². The first-order chi connectivity index (χ1) is 7.52. The molecule has 1 heterocycles. The number of carbonyl (C=O) groups is 2. The SMILES string of the molecule is CC(C)C(CNC(=O)C1CCCS1)C(=O)O. The lowest BCUT2D eigenvalue weighted by Gasteiger charge is -2.18. The number of hydrogen-bond donors (Lipinski definition) is 2. The number of amides is 1. The zero-order valence-electron chi connectivity index (χ0n) is 9.73. The number of nitrogens with one attached hydrogen (secondary N) is 1. The summed E-state index contributed by atoms with van der Waals surface area (Å²) in [6.07, 6.45) is 1.99. The molecule has 0 aliphatic carbocycles. The molecule has 0 bridgehead atoms. The Balaban J connectivity index is 2.36. The van der Waals surface area contributed by atoms with Gasteiger partial charge < -0.3 is 10.4 Å². The van der Waals surface area contributed by atoms with Crippen LogP contribution in [-0.2, 0) is 9.59 Å². The minimum atomic E-state index is -0.839. The standard InChI is InChI=1S/C11H19NO3S/c1-7(2)8(11(14)15)6-12-10(13)9-4-3-5-16-9/h7-9H,3-6H2,1-2H3,(H,12,13)(H,14,15). The maximum Gasteiger partial charge on any atom is 0.308 e. The summed E-state index contributed by atoms with van der Waals surface area (Å²) < 4.78 is 0. The molecular formula is C11H19NO3S. The summed E-state index contributed by atoms with van der Waals surface area (Å²) in [4.78, 5) is 22.6. The maximum absolute atomic E-state index is 11.7. The topological polar surface area (TPSA) is 66.4 Å². The summed E-state index contributed by atoms with van der Waals surface area (Å²) in [5, 5.41) is 11.7. The van der Waals surface area contributed by atoms with Gasteiger partial charge in [0.15, 0.2) is 0 Å². The van der Waals surface area contributed by atoms with E-state index in [1.165, 1.54) is 0 Å². The quantitative estimate of drug-likeness (QED) is 0.767. The minimum Gasteiger partial charge on any atom is -0.481 e. The van der Waals surface area contributed by atoms with Crippen LogP contribution in [0.25, 0.3) is 0 Å². The smallest absolute Gasteiger partial charge is 0.308 e. The van der Waals surface area contributed by atoms with Crippen LogP contribution < -0.4 is 5.32 Å². The summed E-state index contributed by atoms with van der Waals surface area (Å²) in [5.74, 6) is -0.266. The van der Waals surface area contributed by atoms with Crippen molar-refractivity contribution < 1.29 is 14.7 Å². The Kier molecular flexibility index (Phi) is 5.12. The predicted molar refractivity (Wildman–Crippen MR) is 64.5 cm³/mol. The van der Waals surface area contributed by atoms with Gasteiger partial charge in [0, 0.05) is 6.54 Å². The van der Waals surface area contributed by atoms with Crippen LogP contribution in [0, 0.1) is 11.8 Å². The molecule has 92 valence electrons. The molecule has 4 nitrogen and oxygen atoms in total. The maximum atomic E-state index is 11.7. The first-order valence-electron chi connectivity index (χ1n) is 5.64. The highest BCUT2D eigenvalue weighted by atomic mass is 32.2. The van der Waals surface area contributed by atoms with Crippen molar-refractivity contribution in [1.82, 2.24) is 5.32 Å². The van der Waals surface area contributed by atoms with Crippen LogP contribution in [0.4, 0.5) is 0 Å². The fourth-order valence-electron chi connectivity index (χ4n) is 1.72. The third kappa shape index (κ3) is 3.70. The summed E-state index contributed by atoms with van der Waals surface area (Å²) in [7, 11) is 0. The normalized spacial score (nSPS) is 22.1. The van der Waals surface area contributed by atoms with Crippen LogP contribution >= 0.6 is 11.8 Å². The van der Waals surface area contributed by atoms with Crippen molar-refractivity contribution in [2.75, 3.05) is 12.3 Å². The van der Waals surface area contributed by atoms with E-state index in [1.54, 1.807) is 11.8 Å². The van der Waals surface area contributed by atoms with Crippen LogP contribution in [0.3, 0.4) is 0 Å². The predicted octanol–water partition coefficient (Wildman–Crippen LogP) is 1.36. The molecule has 1 fully saturated rings. The van der Waals surface area contributed by atoms with E-state index in [0.29, 0.717) is 0 Å². The van der Waals surface area contributed by atoms with E-state index in [2.05, 4.69) is 5.32 Å². The van der Waals surface area contributed by atoms with E-state index >= 15 is 0 Å². The van der Waals surface area contributed by atoms with Gasteiger partial charge in [0.05, 0.1) is 11.2 Å². The molecule has 0 aromatic heterocycles. The molecule has 2 atom stereocenters. The average molecular weight is 245 g/mol. The molecule has 1 amide bonds. The molecule has 2 N–H and O–H groups in total. The zero-order valence-corrected chi connectivity index (χ0v) is 10.5. The van der Waals surface area contributed by atoms with Gasteiger partial charge in [-0.1, -0.05) is 13.8 Å². The van der Waals surface area contributed by atoms with E-state index in [0.717, 1.165) is 18.6 Å². The first kappa shape index (κ1) is 13.4. The van der Waals surface area contributed by atoms with Crippen LogP contribution in [0.5, 0.6) is 0 Å². The summed E-state index contributed by atoms with van der Waals surface area (Å²) in [6, 6.07) is 0. The number of hydrogen-bond acceptors (Lipinski definition) is 3. The van der Waals surface area contributed by atoms with E-state index < -0.39 is 11.9 Å². The molecule has 0 radical (unpaired) electrons. The lowest BCUT2D eigenvalue weighted by Crippen LogP contribution is -2.39. The van der Waals surface area contributed by atoms with Crippen LogP contribution in [0.1, 0.15) is 26.7 Å². The van der Waals surface area contributed by atoms with E-state index in [4.69, 9.17) is 5.11 Å². The molecule has 16 heavy (non-hydrogen) atoms. The van der Waals surface area contributed by atoms with Crippen molar-refractivity contribution in [3.05, 3.63) is 0 Å². The Morgan fingerprint density at radius 2 is 2.19 bits per heavy atom. The average Bonchev–Trinajstić information content (AvgIpc) is 2.69. The fraction of sp³-hybridized carbons (Fsp3) is 0.818. The number of thioether (sulfide) groups is 1. The minimum absolute atomic E-state index is 0.00519. The Bertz CT molecular complexity index is 262. The van der Waals surface area contributed by atoms with Crippen molar-refractivity contribution in [1.29, 1.82) is 0 Å². The number of carbonyl (C=O) groups excluding carboxylic acids is 1. The highest BCUT2D eigenvalue weighted by Gasteiger charge is 2.26. The summed E-state index contributed by atoms with van der Waals surface area (Å²) in [6.45, 7) is 3.95. The second-order valence-electron chi connectivity index (χ2n) is 4.44.